The molecule has 0 aliphatic rings. The van der Waals surface area contributed by atoms with E-state index in [1.165, 1.54) is 29.7 Å². The lowest BCUT2D eigenvalue weighted by atomic mass is 9.87. The van der Waals surface area contributed by atoms with Crippen molar-refractivity contribution in [2.24, 2.45) is 0 Å². The number of carbonyl (C=O) groups excluding carboxylic acids is 1. The Kier molecular flexibility index (Phi) is 9.42. The number of sulfonamides is 1. The molecule has 0 aliphatic heterocycles. The second-order valence-electron chi connectivity index (χ2n) is 9.88. The van der Waals surface area contributed by atoms with Crippen molar-refractivity contribution in [3.63, 3.8) is 0 Å². The molecule has 0 bridgehead atoms. The van der Waals surface area contributed by atoms with Gasteiger partial charge < -0.3 is 14.6 Å². The summed E-state index contributed by atoms with van der Waals surface area (Å²) >= 11 is 0. The highest BCUT2D eigenvalue weighted by Crippen LogP contribution is 2.25. The topological polar surface area (TPSA) is 106 Å². The molecule has 1 heterocycles. The first-order valence-corrected chi connectivity index (χ1v) is 13.4. The van der Waals surface area contributed by atoms with Crippen molar-refractivity contribution < 1.29 is 27.8 Å². The van der Waals surface area contributed by atoms with Crippen LogP contribution in [0.15, 0.2) is 78.0 Å². The van der Waals surface area contributed by atoms with Gasteiger partial charge in [0.2, 0.25) is 10.0 Å². The smallest absolute Gasteiger partial charge is 0.344 e. The highest BCUT2D eigenvalue weighted by molar-refractivity contribution is 7.89. The summed E-state index contributed by atoms with van der Waals surface area (Å²) in [7, 11) is -3.86. The number of esters is 1. The van der Waals surface area contributed by atoms with Gasteiger partial charge in [0, 0.05) is 25.5 Å². The van der Waals surface area contributed by atoms with Crippen molar-refractivity contribution in [2.45, 2.75) is 57.2 Å². The number of hydrogen-bond donors (Lipinski definition) is 1. The van der Waals surface area contributed by atoms with Crippen LogP contribution < -0.4 is 4.74 Å². The van der Waals surface area contributed by atoms with Crippen LogP contribution >= 0.6 is 0 Å². The SMILES string of the molecule is CC(O)COC(=O)COc1cccc(CN(Cc2ccc(C(C)(C)C)cc2)S(=O)(=O)c2cccnc2)c1. The molecule has 0 spiro atoms. The second kappa shape index (κ2) is 12.3. The number of rotatable bonds is 11. The first-order valence-electron chi connectivity index (χ1n) is 12.0. The van der Waals surface area contributed by atoms with Crippen LogP contribution in [0.3, 0.4) is 0 Å². The number of aliphatic hydroxyl groups is 1. The van der Waals surface area contributed by atoms with Crippen LogP contribution in [0.1, 0.15) is 44.4 Å². The summed E-state index contributed by atoms with van der Waals surface area (Å²) in [6.07, 6.45) is 2.11. The highest BCUT2D eigenvalue weighted by atomic mass is 32.2. The Morgan fingerprint density at radius 2 is 1.73 bits per heavy atom. The zero-order valence-corrected chi connectivity index (χ0v) is 22.4. The fourth-order valence-electron chi connectivity index (χ4n) is 3.52. The first-order chi connectivity index (χ1) is 17.4. The molecule has 0 saturated heterocycles. The van der Waals surface area contributed by atoms with Crippen molar-refractivity contribution in [1.29, 1.82) is 0 Å². The number of hydrogen-bond acceptors (Lipinski definition) is 7. The number of aromatic nitrogens is 1. The van der Waals surface area contributed by atoms with Gasteiger partial charge in [-0.2, -0.15) is 4.31 Å². The Morgan fingerprint density at radius 3 is 2.35 bits per heavy atom. The standard InChI is InChI=1S/C28H34N2O6S/c1-21(31)19-36-27(32)20-35-25-8-5-7-23(15-25)18-30(37(33,34)26-9-6-14-29-16-26)17-22-10-12-24(13-11-22)28(2,3)4/h5-16,21,31H,17-20H2,1-4H3. The Morgan fingerprint density at radius 1 is 1.03 bits per heavy atom. The molecule has 3 aromatic rings. The van der Waals surface area contributed by atoms with Gasteiger partial charge in [-0.25, -0.2) is 13.2 Å². The third-order valence-electron chi connectivity index (χ3n) is 5.55. The minimum atomic E-state index is -3.86. The van der Waals surface area contributed by atoms with Gasteiger partial charge in [-0.1, -0.05) is 57.2 Å². The molecule has 3 rings (SSSR count). The van der Waals surface area contributed by atoms with E-state index < -0.39 is 22.1 Å². The van der Waals surface area contributed by atoms with Gasteiger partial charge in [0.25, 0.3) is 0 Å². The maximum atomic E-state index is 13.6. The van der Waals surface area contributed by atoms with Crippen LogP contribution in [0.5, 0.6) is 5.75 Å². The summed E-state index contributed by atoms with van der Waals surface area (Å²) in [5, 5.41) is 9.23. The lowest BCUT2D eigenvalue weighted by Crippen LogP contribution is -2.30. The molecule has 2 aromatic carbocycles. The maximum absolute atomic E-state index is 13.6. The summed E-state index contributed by atoms with van der Waals surface area (Å²) < 4.78 is 39.0. The molecule has 8 nitrogen and oxygen atoms in total. The third kappa shape index (κ3) is 8.38. The van der Waals surface area contributed by atoms with Crippen LogP contribution in [-0.2, 0) is 38.1 Å². The number of aliphatic hydroxyl groups excluding tert-OH is 1. The zero-order chi connectivity index (χ0) is 27.1. The van der Waals surface area contributed by atoms with Crippen molar-refractivity contribution in [1.82, 2.24) is 9.29 Å². The van der Waals surface area contributed by atoms with E-state index in [0.717, 1.165) is 11.1 Å². The number of pyridine rings is 1. The molecule has 1 unspecified atom stereocenters. The molecule has 1 aromatic heterocycles. The summed E-state index contributed by atoms with van der Waals surface area (Å²) in [5.41, 5.74) is 2.69. The number of nitrogens with zero attached hydrogens (tertiary/aromatic N) is 2. The van der Waals surface area contributed by atoms with E-state index in [2.05, 4.69) is 25.8 Å². The lowest BCUT2D eigenvalue weighted by Gasteiger charge is -2.24. The van der Waals surface area contributed by atoms with Crippen molar-refractivity contribution in [3.8, 4) is 5.75 Å². The molecule has 0 fully saturated rings. The Labute approximate surface area is 218 Å². The van der Waals surface area contributed by atoms with Crippen LogP contribution in [0.4, 0.5) is 0 Å². The number of carbonyl (C=O) groups is 1. The number of benzene rings is 2. The predicted octanol–water partition coefficient (Wildman–Crippen LogP) is 4.07. The van der Waals surface area contributed by atoms with Crippen LogP contribution in [0.25, 0.3) is 0 Å². The Balaban J connectivity index is 1.81. The monoisotopic (exact) mass is 526 g/mol. The Hall–Kier alpha value is -3.27. The van der Waals surface area contributed by atoms with Gasteiger partial charge in [0.15, 0.2) is 6.61 Å². The first kappa shape index (κ1) is 28.3. The predicted molar refractivity (Wildman–Crippen MR) is 140 cm³/mol. The van der Waals surface area contributed by atoms with Crippen molar-refractivity contribution >= 4 is 16.0 Å². The lowest BCUT2D eigenvalue weighted by molar-refractivity contribution is -0.148. The van der Waals surface area contributed by atoms with Gasteiger partial charge in [-0.05, 0) is 53.3 Å². The molecule has 1 N–H and O–H groups in total. The number of ether oxygens (including phenoxy) is 2. The minimum Gasteiger partial charge on any atom is -0.482 e. The maximum Gasteiger partial charge on any atom is 0.344 e. The van der Waals surface area contributed by atoms with Crippen LogP contribution in [0, 0.1) is 0 Å². The van der Waals surface area contributed by atoms with E-state index in [0.29, 0.717) is 11.3 Å². The molecule has 1 atom stereocenters. The van der Waals surface area contributed by atoms with Crippen molar-refractivity contribution in [2.75, 3.05) is 13.2 Å². The normalized spacial score (nSPS) is 12.8. The van der Waals surface area contributed by atoms with E-state index in [9.17, 15) is 18.3 Å². The zero-order valence-electron chi connectivity index (χ0n) is 21.6. The second-order valence-corrected chi connectivity index (χ2v) is 11.8. The van der Waals surface area contributed by atoms with Crippen molar-refractivity contribution in [3.05, 3.63) is 89.7 Å². The fraction of sp³-hybridized carbons (Fsp3) is 0.357. The van der Waals surface area contributed by atoms with Crippen LogP contribution in [0.2, 0.25) is 0 Å². The van der Waals surface area contributed by atoms with Crippen LogP contribution in [-0.4, -0.2) is 48.1 Å². The average Bonchev–Trinajstić information content (AvgIpc) is 2.86. The summed E-state index contributed by atoms with van der Waals surface area (Å²) in [5.74, 6) is -0.203. The summed E-state index contributed by atoms with van der Waals surface area (Å²) in [4.78, 5) is 15.9. The third-order valence-corrected chi connectivity index (χ3v) is 7.33. The molecule has 0 amide bonds. The molecule has 198 valence electrons. The van der Waals surface area contributed by atoms with Gasteiger partial charge in [0.05, 0.1) is 6.10 Å². The van der Waals surface area contributed by atoms with E-state index in [4.69, 9.17) is 9.47 Å². The fourth-order valence-corrected chi connectivity index (χ4v) is 4.90. The molecule has 9 heteroatoms. The molecule has 0 radical (unpaired) electrons. The summed E-state index contributed by atoms with van der Waals surface area (Å²) in [6, 6.07) is 18.0. The van der Waals surface area contributed by atoms with E-state index in [-0.39, 0.29) is 36.6 Å². The molecular formula is C28H34N2O6S. The summed E-state index contributed by atoms with van der Waals surface area (Å²) in [6.45, 7) is 7.71. The quantitative estimate of drug-likeness (QED) is 0.375. The molecule has 0 saturated carbocycles. The minimum absolute atomic E-state index is 0.0107. The van der Waals surface area contributed by atoms with Gasteiger partial charge in [-0.3, -0.25) is 4.98 Å². The van der Waals surface area contributed by atoms with E-state index >= 15 is 0 Å². The largest absolute Gasteiger partial charge is 0.482 e. The average molecular weight is 527 g/mol. The highest BCUT2D eigenvalue weighted by Gasteiger charge is 2.26. The van der Waals surface area contributed by atoms with Gasteiger partial charge in [-0.15, -0.1) is 0 Å². The van der Waals surface area contributed by atoms with E-state index in [1.807, 2.05) is 24.3 Å². The Bertz CT molecular complexity index is 1270. The van der Waals surface area contributed by atoms with Gasteiger partial charge >= 0.3 is 5.97 Å². The molecule has 37 heavy (non-hydrogen) atoms. The van der Waals surface area contributed by atoms with E-state index in [1.54, 1.807) is 30.3 Å². The molecule has 0 aliphatic carbocycles. The molecular weight excluding hydrogens is 492 g/mol. The van der Waals surface area contributed by atoms with Gasteiger partial charge in [0.1, 0.15) is 17.3 Å².